The van der Waals surface area contributed by atoms with Crippen molar-refractivity contribution in [1.29, 1.82) is 0 Å². The lowest BCUT2D eigenvalue weighted by atomic mass is 10.00. The highest BCUT2D eigenvalue weighted by Gasteiger charge is 2.34. The molecule has 1 unspecified atom stereocenters. The van der Waals surface area contributed by atoms with Crippen LogP contribution in [0.25, 0.3) is 0 Å². The number of benzene rings is 1. The van der Waals surface area contributed by atoms with Gasteiger partial charge in [0, 0.05) is 0 Å². The molecule has 0 heterocycles. The third-order valence-electron chi connectivity index (χ3n) is 2.65. The van der Waals surface area contributed by atoms with Crippen molar-refractivity contribution >= 4 is 5.97 Å². The molecule has 0 aliphatic rings. The first-order chi connectivity index (χ1) is 9.29. The van der Waals surface area contributed by atoms with Gasteiger partial charge < -0.3 is 15.2 Å². The number of ether oxygens (including phenoxy) is 2. The highest BCUT2D eigenvalue weighted by Crippen LogP contribution is 2.34. The Morgan fingerprint density at radius 3 is 2.55 bits per heavy atom. The van der Waals surface area contributed by atoms with Crippen LogP contribution < -0.4 is 10.5 Å². The van der Waals surface area contributed by atoms with Gasteiger partial charge in [-0.1, -0.05) is 6.07 Å². The van der Waals surface area contributed by atoms with Crippen LogP contribution in [-0.2, 0) is 22.1 Å². The van der Waals surface area contributed by atoms with Crippen molar-refractivity contribution in [2.75, 3.05) is 13.7 Å². The zero-order valence-electron chi connectivity index (χ0n) is 11.2. The fourth-order valence-corrected chi connectivity index (χ4v) is 1.69. The van der Waals surface area contributed by atoms with Crippen molar-refractivity contribution in [2.24, 2.45) is 5.73 Å². The van der Waals surface area contributed by atoms with Gasteiger partial charge in [-0.25, -0.2) is 0 Å². The Labute approximate surface area is 114 Å². The summed E-state index contributed by atoms with van der Waals surface area (Å²) in [4.78, 5) is 11.4. The Morgan fingerprint density at radius 1 is 1.40 bits per heavy atom. The molecule has 4 nitrogen and oxygen atoms in total. The fraction of sp³-hybridized carbons (Fsp3) is 0.462. The summed E-state index contributed by atoms with van der Waals surface area (Å²) in [6.45, 7) is 1.72. The largest absolute Gasteiger partial charge is 0.497 e. The predicted octanol–water partition coefficient (Wildman–Crippen LogP) is 2.15. The second-order valence-corrected chi connectivity index (χ2v) is 4.08. The topological polar surface area (TPSA) is 61.5 Å². The molecule has 1 rings (SSSR count). The van der Waals surface area contributed by atoms with E-state index in [4.69, 9.17) is 10.5 Å². The van der Waals surface area contributed by atoms with Crippen LogP contribution in [-0.4, -0.2) is 25.7 Å². The Hall–Kier alpha value is -1.76. The van der Waals surface area contributed by atoms with Gasteiger partial charge in [0.2, 0.25) is 0 Å². The first-order valence-electron chi connectivity index (χ1n) is 5.96. The number of esters is 1. The highest BCUT2D eigenvalue weighted by atomic mass is 19.4. The number of nitrogens with two attached hydrogens (primary N) is 1. The van der Waals surface area contributed by atoms with Crippen molar-refractivity contribution in [3.63, 3.8) is 0 Å². The SMILES string of the molecule is CCOC(=O)C(N)Cc1ccc(OC)cc1C(F)(F)F. The normalized spacial score (nSPS) is 12.9. The lowest BCUT2D eigenvalue weighted by Crippen LogP contribution is -2.35. The summed E-state index contributed by atoms with van der Waals surface area (Å²) < 4.78 is 48.3. The van der Waals surface area contributed by atoms with Crippen LogP contribution in [0.2, 0.25) is 0 Å². The van der Waals surface area contributed by atoms with Crippen molar-refractivity contribution < 1.29 is 27.4 Å². The maximum atomic E-state index is 13.0. The monoisotopic (exact) mass is 291 g/mol. The maximum Gasteiger partial charge on any atom is 0.416 e. The van der Waals surface area contributed by atoms with Crippen molar-refractivity contribution in [3.05, 3.63) is 29.3 Å². The number of hydrogen-bond donors (Lipinski definition) is 1. The van der Waals surface area contributed by atoms with Crippen molar-refractivity contribution in [2.45, 2.75) is 25.6 Å². The smallest absolute Gasteiger partial charge is 0.416 e. The molecule has 0 bridgehead atoms. The van der Waals surface area contributed by atoms with Crippen LogP contribution in [0, 0.1) is 0 Å². The molecule has 7 heteroatoms. The predicted molar refractivity (Wildman–Crippen MR) is 66.3 cm³/mol. The van der Waals surface area contributed by atoms with E-state index in [0.717, 1.165) is 6.07 Å². The quantitative estimate of drug-likeness (QED) is 0.844. The van der Waals surface area contributed by atoms with E-state index in [-0.39, 0.29) is 24.3 Å². The molecule has 0 radical (unpaired) electrons. The highest BCUT2D eigenvalue weighted by molar-refractivity contribution is 5.76. The second-order valence-electron chi connectivity index (χ2n) is 4.08. The minimum absolute atomic E-state index is 0.0705. The van der Waals surface area contributed by atoms with E-state index in [9.17, 15) is 18.0 Å². The van der Waals surface area contributed by atoms with Crippen LogP contribution in [0.4, 0.5) is 13.2 Å². The first kappa shape index (κ1) is 16.3. The van der Waals surface area contributed by atoms with E-state index in [1.807, 2.05) is 0 Å². The lowest BCUT2D eigenvalue weighted by molar-refractivity contribution is -0.145. The van der Waals surface area contributed by atoms with E-state index < -0.39 is 23.8 Å². The summed E-state index contributed by atoms with van der Waals surface area (Å²) >= 11 is 0. The van der Waals surface area contributed by atoms with Crippen LogP contribution in [0.1, 0.15) is 18.1 Å². The number of alkyl halides is 3. The third kappa shape index (κ3) is 4.12. The van der Waals surface area contributed by atoms with Gasteiger partial charge in [0.05, 0.1) is 19.3 Å². The average Bonchev–Trinajstić information content (AvgIpc) is 2.38. The fourth-order valence-electron chi connectivity index (χ4n) is 1.69. The van der Waals surface area contributed by atoms with Crippen molar-refractivity contribution in [3.8, 4) is 5.75 Å². The van der Waals surface area contributed by atoms with Gasteiger partial charge in [-0.3, -0.25) is 4.79 Å². The molecular weight excluding hydrogens is 275 g/mol. The molecule has 1 aromatic carbocycles. The summed E-state index contributed by atoms with van der Waals surface area (Å²) in [5.74, 6) is -0.637. The van der Waals surface area contributed by atoms with Crippen LogP contribution in [0.3, 0.4) is 0 Å². The summed E-state index contributed by atoms with van der Waals surface area (Å²) in [6, 6.07) is 2.39. The minimum atomic E-state index is -4.54. The maximum absolute atomic E-state index is 13.0. The average molecular weight is 291 g/mol. The van der Waals surface area contributed by atoms with Gasteiger partial charge in [-0.2, -0.15) is 13.2 Å². The van der Waals surface area contributed by atoms with Gasteiger partial charge in [0.1, 0.15) is 11.8 Å². The van der Waals surface area contributed by atoms with Gasteiger partial charge in [-0.05, 0) is 31.0 Å². The number of carbonyl (C=O) groups excluding carboxylic acids is 1. The van der Waals surface area contributed by atoms with Crippen LogP contribution >= 0.6 is 0 Å². The Bertz CT molecular complexity index is 474. The first-order valence-corrected chi connectivity index (χ1v) is 5.96. The van der Waals surface area contributed by atoms with Crippen LogP contribution in [0.15, 0.2) is 18.2 Å². The number of rotatable bonds is 5. The summed E-state index contributed by atoms with van der Waals surface area (Å²) in [5.41, 5.74) is 4.61. The third-order valence-corrected chi connectivity index (χ3v) is 2.65. The molecule has 0 amide bonds. The van der Waals surface area contributed by atoms with Gasteiger partial charge >= 0.3 is 12.1 Å². The van der Waals surface area contributed by atoms with Crippen LogP contribution in [0.5, 0.6) is 5.75 Å². The Balaban J connectivity index is 3.03. The molecule has 1 aromatic rings. The van der Waals surface area contributed by atoms with E-state index >= 15 is 0 Å². The molecule has 0 saturated heterocycles. The van der Waals surface area contributed by atoms with Gasteiger partial charge in [0.15, 0.2) is 0 Å². The Morgan fingerprint density at radius 2 is 2.05 bits per heavy atom. The molecule has 0 spiro atoms. The number of hydrogen-bond acceptors (Lipinski definition) is 4. The van der Waals surface area contributed by atoms with Crippen molar-refractivity contribution in [1.82, 2.24) is 0 Å². The van der Waals surface area contributed by atoms with E-state index in [1.54, 1.807) is 6.92 Å². The van der Waals surface area contributed by atoms with Gasteiger partial charge in [-0.15, -0.1) is 0 Å². The molecule has 0 aromatic heterocycles. The zero-order chi connectivity index (χ0) is 15.3. The molecular formula is C13H16F3NO3. The molecule has 112 valence electrons. The molecule has 2 N–H and O–H groups in total. The number of carbonyl (C=O) groups is 1. The molecule has 0 fully saturated rings. The molecule has 0 aliphatic carbocycles. The summed E-state index contributed by atoms with van der Waals surface area (Å²) in [6.07, 6.45) is -4.80. The summed E-state index contributed by atoms with van der Waals surface area (Å²) in [7, 11) is 1.28. The molecule has 1 atom stereocenters. The second kappa shape index (κ2) is 6.60. The van der Waals surface area contributed by atoms with E-state index in [0.29, 0.717) is 0 Å². The molecule has 20 heavy (non-hydrogen) atoms. The molecule has 0 aliphatic heterocycles. The molecule has 0 saturated carbocycles. The van der Waals surface area contributed by atoms with E-state index in [2.05, 4.69) is 4.74 Å². The van der Waals surface area contributed by atoms with Gasteiger partial charge in [0.25, 0.3) is 0 Å². The Kier molecular flexibility index (Phi) is 5.38. The standard InChI is InChI=1S/C13H16F3NO3/c1-3-20-12(18)11(17)6-8-4-5-9(19-2)7-10(8)13(14,15)16/h4-5,7,11H,3,6,17H2,1-2H3. The number of methoxy groups -OCH3 is 1. The number of halogens is 3. The zero-order valence-corrected chi connectivity index (χ0v) is 11.2. The van der Waals surface area contributed by atoms with E-state index in [1.165, 1.54) is 19.2 Å². The minimum Gasteiger partial charge on any atom is -0.497 e. The summed E-state index contributed by atoms with van der Waals surface area (Å²) in [5, 5.41) is 0. The lowest BCUT2D eigenvalue weighted by Gasteiger charge is -2.16.